The highest BCUT2D eigenvalue weighted by Gasteiger charge is 2.31. The first kappa shape index (κ1) is 32.2. The van der Waals surface area contributed by atoms with Gasteiger partial charge in [-0.3, -0.25) is 4.57 Å². The van der Waals surface area contributed by atoms with E-state index in [0.717, 1.165) is 39.4 Å². The molecule has 0 atom stereocenters. The summed E-state index contributed by atoms with van der Waals surface area (Å²) in [6, 6.07) is 18.2. The molecule has 2 heterocycles. The first-order valence-corrected chi connectivity index (χ1v) is 15.1. The van der Waals surface area contributed by atoms with Crippen LogP contribution in [0.25, 0.3) is 28.3 Å². The van der Waals surface area contributed by atoms with Crippen LogP contribution in [0.5, 0.6) is 11.5 Å². The van der Waals surface area contributed by atoms with Crippen LogP contribution in [0.15, 0.2) is 89.6 Å². The minimum absolute atomic E-state index is 0.250. The first-order valence-electron chi connectivity index (χ1n) is 14.2. The monoisotopic (exact) mass is 648 g/mol. The maximum Gasteiger partial charge on any atom is 0.573 e. The highest BCUT2D eigenvalue weighted by atomic mass is 32.1. The normalized spacial score (nSPS) is 12.5. The van der Waals surface area contributed by atoms with Crippen LogP contribution in [-0.2, 0) is 0 Å². The van der Waals surface area contributed by atoms with Crippen molar-refractivity contribution >= 4 is 22.9 Å². The van der Waals surface area contributed by atoms with Gasteiger partial charge in [-0.05, 0) is 66.8 Å². The highest BCUT2D eigenvalue weighted by Crippen LogP contribution is 2.28. The number of hydrogen-bond acceptors (Lipinski definition) is 6. The van der Waals surface area contributed by atoms with Gasteiger partial charge < -0.3 is 14.8 Å². The zero-order chi connectivity index (χ0) is 33.0. The number of ether oxygens (including phenoxy) is 2. The Hall–Kier alpha value is -5.17. The maximum atomic E-state index is 12.9. The largest absolute Gasteiger partial charge is 0.573 e. The van der Waals surface area contributed by atoms with Gasteiger partial charge in [0.1, 0.15) is 17.8 Å². The van der Waals surface area contributed by atoms with Crippen molar-refractivity contribution in [3.63, 3.8) is 0 Å². The number of aryl methyl sites for hydroxylation is 1. The summed E-state index contributed by atoms with van der Waals surface area (Å²) in [7, 11) is 1.62. The fourth-order valence-corrected chi connectivity index (χ4v) is 5.54. The standard InChI is InChI=1S/C33H31F3N6O3S/c1-20(2)28-15-14-27(44-5)16-29(28)42-22(4)18-46-32(42)39-31(43)37-17-21(3)23-6-8-24(9-7-23)30-38-19-41(40-30)25-10-12-26(13-11-25)45-33(34,35)36/h6-20H,1-5H3,(H,37,43)/b21-17+,39-32?. The number of alkyl halides is 3. The lowest BCUT2D eigenvalue weighted by atomic mass is 10.0. The van der Waals surface area contributed by atoms with E-state index in [1.165, 1.54) is 46.6 Å². The number of allylic oxidation sites excluding steroid dienone is 1. The smallest absolute Gasteiger partial charge is 0.497 e. The number of aromatic nitrogens is 4. The van der Waals surface area contributed by atoms with Crippen LogP contribution in [0, 0.1) is 6.92 Å². The Kier molecular flexibility index (Phi) is 9.42. The molecule has 0 spiro atoms. The minimum Gasteiger partial charge on any atom is -0.497 e. The zero-order valence-electron chi connectivity index (χ0n) is 25.7. The second-order valence-electron chi connectivity index (χ2n) is 10.6. The van der Waals surface area contributed by atoms with Crippen LogP contribution in [0.4, 0.5) is 18.0 Å². The van der Waals surface area contributed by atoms with E-state index in [2.05, 4.69) is 39.0 Å². The lowest BCUT2D eigenvalue weighted by molar-refractivity contribution is -0.274. The summed E-state index contributed by atoms with van der Waals surface area (Å²) in [4.78, 5) is 22.1. The Balaban J connectivity index is 1.29. The average molecular weight is 649 g/mol. The fraction of sp³-hybridized carbons (Fsp3) is 0.212. The van der Waals surface area contributed by atoms with Crippen LogP contribution in [0.2, 0.25) is 0 Å². The molecule has 2 amide bonds. The quantitative estimate of drug-likeness (QED) is 0.185. The van der Waals surface area contributed by atoms with Crippen molar-refractivity contribution in [2.75, 3.05) is 7.11 Å². The van der Waals surface area contributed by atoms with Gasteiger partial charge in [0.15, 0.2) is 10.6 Å². The number of nitrogens with zero attached hydrogens (tertiary/aromatic N) is 5. The Morgan fingerprint density at radius 3 is 2.39 bits per heavy atom. The molecule has 0 aliphatic heterocycles. The molecule has 0 saturated carbocycles. The molecule has 2 aromatic heterocycles. The second kappa shape index (κ2) is 13.4. The Morgan fingerprint density at radius 1 is 1.04 bits per heavy atom. The molecule has 238 valence electrons. The predicted molar refractivity (Wildman–Crippen MR) is 170 cm³/mol. The third kappa shape index (κ3) is 7.54. The average Bonchev–Trinajstić information content (AvgIpc) is 3.66. The summed E-state index contributed by atoms with van der Waals surface area (Å²) in [5.74, 6) is 1.08. The number of amides is 2. The molecule has 0 aliphatic carbocycles. The number of hydrogen-bond donors (Lipinski definition) is 1. The van der Waals surface area contributed by atoms with Crippen molar-refractivity contribution in [1.82, 2.24) is 24.6 Å². The molecule has 0 aliphatic rings. The predicted octanol–water partition coefficient (Wildman–Crippen LogP) is 7.80. The topological polar surface area (TPSA) is 95.6 Å². The molecule has 13 heteroatoms. The third-order valence-corrected chi connectivity index (χ3v) is 7.96. The van der Waals surface area contributed by atoms with Crippen LogP contribution in [0.1, 0.15) is 43.5 Å². The minimum atomic E-state index is -4.76. The van der Waals surface area contributed by atoms with E-state index in [-0.39, 0.29) is 11.7 Å². The van der Waals surface area contributed by atoms with Gasteiger partial charge in [-0.1, -0.05) is 44.2 Å². The third-order valence-electron chi connectivity index (χ3n) is 7.01. The van der Waals surface area contributed by atoms with Gasteiger partial charge in [0.05, 0.1) is 18.5 Å². The SMILES string of the molecule is COc1ccc(C(C)C)c(-n2c(C)csc2=NC(=O)N/C=C(\C)c2ccc(-c3ncn(-c4ccc(OC(F)(F)F)cc4)n3)cc2)c1. The summed E-state index contributed by atoms with van der Waals surface area (Å²) < 4.78 is 50.1. The second-order valence-corrected chi connectivity index (χ2v) is 11.4. The Labute approximate surface area is 267 Å². The molecule has 3 aromatic carbocycles. The summed E-state index contributed by atoms with van der Waals surface area (Å²) in [5, 5.41) is 9.16. The lowest BCUT2D eigenvalue weighted by Crippen LogP contribution is -2.22. The summed E-state index contributed by atoms with van der Waals surface area (Å²) >= 11 is 1.38. The van der Waals surface area contributed by atoms with Crippen molar-refractivity contribution in [1.29, 1.82) is 0 Å². The molecule has 9 nitrogen and oxygen atoms in total. The van der Waals surface area contributed by atoms with Crippen molar-refractivity contribution < 1.29 is 27.4 Å². The number of carbonyl (C=O) groups excluding carboxylic acids is 1. The Morgan fingerprint density at radius 2 is 1.74 bits per heavy atom. The number of halogens is 3. The number of rotatable bonds is 8. The first-order chi connectivity index (χ1) is 21.9. The van der Waals surface area contributed by atoms with Crippen molar-refractivity contribution in [2.24, 2.45) is 4.99 Å². The maximum absolute atomic E-state index is 12.9. The van der Waals surface area contributed by atoms with Gasteiger partial charge in [-0.25, -0.2) is 14.5 Å². The van der Waals surface area contributed by atoms with Crippen molar-refractivity contribution in [3.8, 4) is 34.3 Å². The van der Waals surface area contributed by atoms with Crippen LogP contribution < -0.4 is 19.6 Å². The highest BCUT2D eigenvalue weighted by molar-refractivity contribution is 7.07. The molecular weight excluding hydrogens is 617 g/mol. The molecule has 46 heavy (non-hydrogen) atoms. The van der Waals surface area contributed by atoms with Gasteiger partial charge in [-0.15, -0.1) is 29.6 Å². The summed E-state index contributed by atoms with van der Waals surface area (Å²) in [6.45, 7) is 8.07. The van der Waals surface area contributed by atoms with Gasteiger partial charge in [0.2, 0.25) is 0 Å². The zero-order valence-corrected chi connectivity index (χ0v) is 26.5. The van der Waals surface area contributed by atoms with E-state index in [1.54, 1.807) is 13.3 Å². The molecule has 5 aromatic rings. The lowest BCUT2D eigenvalue weighted by Gasteiger charge is -2.16. The van der Waals surface area contributed by atoms with Gasteiger partial charge >= 0.3 is 12.4 Å². The number of urea groups is 1. The van der Waals surface area contributed by atoms with E-state index >= 15 is 0 Å². The van der Waals surface area contributed by atoms with Gasteiger partial charge in [-0.2, -0.15) is 4.99 Å². The number of benzene rings is 3. The number of nitrogens with one attached hydrogen (secondary N) is 1. The number of carbonyl (C=O) groups is 1. The molecule has 0 radical (unpaired) electrons. The van der Waals surface area contributed by atoms with Crippen LogP contribution >= 0.6 is 11.3 Å². The van der Waals surface area contributed by atoms with E-state index < -0.39 is 12.4 Å². The van der Waals surface area contributed by atoms with Gasteiger partial charge in [0.25, 0.3) is 0 Å². The molecule has 0 bridgehead atoms. The molecular formula is C33H31F3N6O3S. The van der Waals surface area contributed by atoms with Gasteiger partial charge in [0, 0.05) is 28.9 Å². The molecule has 0 fully saturated rings. The van der Waals surface area contributed by atoms with Crippen LogP contribution in [-0.4, -0.2) is 38.8 Å². The number of thiazole rings is 1. The molecule has 0 unspecified atom stereocenters. The fourth-order valence-electron chi connectivity index (χ4n) is 4.67. The van der Waals surface area contributed by atoms with Crippen molar-refractivity contribution in [2.45, 2.75) is 40.0 Å². The molecule has 1 N–H and O–H groups in total. The van der Waals surface area contributed by atoms with Crippen LogP contribution in [0.3, 0.4) is 0 Å². The summed E-state index contributed by atoms with van der Waals surface area (Å²) in [6.07, 6.45) is -1.68. The van der Waals surface area contributed by atoms with E-state index in [0.29, 0.717) is 16.3 Å². The molecule has 5 rings (SSSR count). The van der Waals surface area contributed by atoms with E-state index in [1.807, 2.05) is 66.3 Å². The van der Waals surface area contributed by atoms with E-state index in [9.17, 15) is 18.0 Å². The van der Waals surface area contributed by atoms with E-state index in [4.69, 9.17) is 4.74 Å². The Bertz CT molecular complexity index is 1940. The number of methoxy groups -OCH3 is 1. The summed E-state index contributed by atoms with van der Waals surface area (Å²) in [5.41, 5.74) is 5.91. The van der Waals surface area contributed by atoms with Crippen molar-refractivity contribution in [3.05, 3.63) is 106 Å². The molecule has 0 saturated heterocycles.